The maximum absolute atomic E-state index is 13.0. The molecule has 1 unspecified atom stereocenters. The number of carbonyl (C=O) groups is 1. The number of hydrogen-bond acceptors (Lipinski definition) is 5. The highest BCUT2D eigenvalue weighted by Crippen LogP contribution is 2.34. The molecule has 25 heavy (non-hydrogen) atoms. The van der Waals surface area contributed by atoms with E-state index in [0.717, 1.165) is 13.0 Å². The first kappa shape index (κ1) is 22.0. The van der Waals surface area contributed by atoms with Crippen LogP contribution >= 0.6 is 24.0 Å². The number of methoxy groups -OCH3 is 1. The minimum atomic E-state index is -3.86. The second kappa shape index (κ2) is 8.55. The summed E-state index contributed by atoms with van der Waals surface area (Å²) in [4.78, 5) is 13.6. The van der Waals surface area contributed by atoms with E-state index in [1.165, 1.54) is 35.5 Å². The quantitative estimate of drug-likeness (QED) is 0.792. The molecule has 10 heteroatoms. The van der Waals surface area contributed by atoms with Gasteiger partial charge in [-0.05, 0) is 25.1 Å². The van der Waals surface area contributed by atoms with Crippen LogP contribution < -0.4 is 10.1 Å². The lowest BCUT2D eigenvalue weighted by Crippen LogP contribution is -2.38. The van der Waals surface area contributed by atoms with E-state index < -0.39 is 10.0 Å². The van der Waals surface area contributed by atoms with Gasteiger partial charge >= 0.3 is 0 Å². The predicted molar refractivity (Wildman–Crippen MR) is 99.5 cm³/mol. The van der Waals surface area contributed by atoms with Crippen LogP contribution in [-0.2, 0) is 10.0 Å². The van der Waals surface area contributed by atoms with Gasteiger partial charge in [0.25, 0.3) is 5.91 Å². The molecule has 1 fully saturated rings. The van der Waals surface area contributed by atoms with Crippen molar-refractivity contribution in [2.45, 2.75) is 17.4 Å². The van der Waals surface area contributed by atoms with E-state index in [4.69, 9.17) is 16.3 Å². The molecule has 1 aliphatic heterocycles. The number of benzene rings is 1. The van der Waals surface area contributed by atoms with E-state index in [1.807, 2.05) is 0 Å². The maximum atomic E-state index is 13.0. The standard InChI is InChI=1S/C15H22ClN3O4S.ClH/c1-18(2)15(20)12-7-10(16)8-13(14(12)23-4)24(21,22)19(3)11-5-6-17-9-11;/h7-8,11,17H,5-6,9H2,1-4H3;1H. The van der Waals surface area contributed by atoms with Crippen LogP contribution in [0.1, 0.15) is 16.8 Å². The van der Waals surface area contributed by atoms with Crippen molar-refractivity contribution in [2.24, 2.45) is 0 Å². The minimum Gasteiger partial charge on any atom is -0.494 e. The highest BCUT2D eigenvalue weighted by Gasteiger charge is 2.34. The summed E-state index contributed by atoms with van der Waals surface area (Å²) in [6, 6.07) is 2.59. The number of halogens is 2. The Labute approximate surface area is 159 Å². The molecular weight excluding hydrogens is 389 g/mol. The zero-order valence-corrected chi connectivity index (χ0v) is 17.0. The molecule has 2 rings (SSSR count). The lowest BCUT2D eigenvalue weighted by molar-refractivity contribution is 0.0823. The molecule has 0 spiro atoms. The molecule has 1 saturated heterocycles. The molecule has 1 aliphatic rings. The Hall–Kier alpha value is -1.06. The van der Waals surface area contributed by atoms with Crippen molar-refractivity contribution in [2.75, 3.05) is 41.3 Å². The average Bonchev–Trinajstić information content (AvgIpc) is 3.06. The van der Waals surface area contributed by atoms with E-state index in [1.54, 1.807) is 14.1 Å². The normalized spacial score (nSPS) is 17.3. The fourth-order valence-electron chi connectivity index (χ4n) is 2.67. The smallest absolute Gasteiger partial charge is 0.257 e. The minimum absolute atomic E-state index is 0. The van der Waals surface area contributed by atoms with Crippen LogP contribution in [0.3, 0.4) is 0 Å². The lowest BCUT2D eigenvalue weighted by Gasteiger charge is -2.25. The number of ether oxygens (including phenoxy) is 1. The van der Waals surface area contributed by atoms with Crippen LogP contribution in [0.4, 0.5) is 0 Å². The Kier molecular flexibility index (Phi) is 7.52. The first-order valence-corrected chi connectivity index (χ1v) is 9.30. The average molecular weight is 412 g/mol. The van der Waals surface area contributed by atoms with E-state index in [2.05, 4.69) is 5.32 Å². The van der Waals surface area contributed by atoms with Gasteiger partial charge in [-0.15, -0.1) is 12.4 Å². The maximum Gasteiger partial charge on any atom is 0.257 e. The molecule has 1 heterocycles. The molecular formula is C15H23Cl2N3O4S. The number of sulfonamides is 1. The summed E-state index contributed by atoms with van der Waals surface area (Å²) in [5, 5.41) is 3.30. The number of rotatable bonds is 5. The Balaban J connectivity index is 0.00000312. The third kappa shape index (κ3) is 4.38. The topological polar surface area (TPSA) is 79.0 Å². The number of hydrogen-bond donors (Lipinski definition) is 1. The Bertz CT molecular complexity index is 735. The lowest BCUT2D eigenvalue weighted by atomic mass is 10.2. The molecule has 0 saturated carbocycles. The number of carbonyl (C=O) groups excluding carboxylic acids is 1. The van der Waals surface area contributed by atoms with Crippen molar-refractivity contribution in [1.29, 1.82) is 0 Å². The summed E-state index contributed by atoms with van der Waals surface area (Å²) >= 11 is 6.08. The van der Waals surface area contributed by atoms with Crippen molar-refractivity contribution >= 4 is 39.9 Å². The molecule has 1 amide bonds. The van der Waals surface area contributed by atoms with Crippen molar-refractivity contribution in [3.8, 4) is 5.75 Å². The largest absolute Gasteiger partial charge is 0.494 e. The summed E-state index contributed by atoms with van der Waals surface area (Å²) in [5.41, 5.74) is 0.117. The molecule has 0 aliphatic carbocycles. The van der Waals surface area contributed by atoms with Crippen LogP contribution in [0.15, 0.2) is 17.0 Å². The Morgan fingerprint density at radius 2 is 1.96 bits per heavy atom. The summed E-state index contributed by atoms with van der Waals surface area (Å²) < 4.78 is 32.6. The van der Waals surface area contributed by atoms with Gasteiger partial charge in [0.15, 0.2) is 5.75 Å². The zero-order chi connectivity index (χ0) is 18.1. The van der Waals surface area contributed by atoms with Gasteiger partial charge in [-0.3, -0.25) is 4.79 Å². The fraction of sp³-hybridized carbons (Fsp3) is 0.533. The van der Waals surface area contributed by atoms with E-state index >= 15 is 0 Å². The van der Waals surface area contributed by atoms with Gasteiger partial charge in [0.1, 0.15) is 4.90 Å². The van der Waals surface area contributed by atoms with Crippen LogP contribution in [0.5, 0.6) is 5.75 Å². The van der Waals surface area contributed by atoms with Gasteiger partial charge in [0.05, 0.1) is 12.7 Å². The molecule has 7 nitrogen and oxygen atoms in total. The number of nitrogens with one attached hydrogen (secondary N) is 1. The highest BCUT2D eigenvalue weighted by molar-refractivity contribution is 7.89. The highest BCUT2D eigenvalue weighted by atomic mass is 35.5. The van der Waals surface area contributed by atoms with E-state index in [0.29, 0.717) is 6.54 Å². The van der Waals surface area contributed by atoms with Crippen LogP contribution in [0, 0.1) is 0 Å². The Morgan fingerprint density at radius 3 is 2.44 bits per heavy atom. The number of likely N-dealkylation sites (N-methyl/N-ethyl adjacent to an activating group) is 1. The van der Waals surface area contributed by atoms with Gasteiger partial charge in [-0.1, -0.05) is 11.6 Å². The van der Waals surface area contributed by atoms with Gasteiger partial charge in [0, 0.05) is 38.8 Å². The first-order valence-electron chi connectivity index (χ1n) is 7.48. The van der Waals surface area contributed by atoms with Gasteiger partial charge in [-0.25, -0.2) is 8.42 Å². The summed E-state index contributed by atoms with van der Waals surface area (Å²) in [6.45, 7) is 1.35. The SMILES string of the molecule is COc1c(C(=O)N(C)C)cc(Cl)cc1S(=O)(=O)N(C)C1CCNC1.Cl. The number of amides is 1. The van der Waals surface area contributed by atoms with Crippen molar-refractivity contribution < 1.29 is 17.9 Å². The van der Waals surface area contributed by atoms with Crippen LogP contribution in [-0.4, -0.2) is 70.9 Å². The molecule has 1 aromatic rings. The second-order valence-electron chi connectivity index (χ2n) is 5.85. The summed E-state index contributed by atoms with van der Waals surface area (Å²) in [5.74, 6) is -0.369. The second-order valence-corrected chi connectivity index (χ2v) is 8.25. The molecule has 0 aromatic heterocycles. The molecule has 142 valence electrons. The molecule has 1 atom stereocenters. The van der Waals surface area contributed by atoms with Crippen LogP contribution in [0.25, 0.3) is 0 Å². The van der Waals surface area contributed by atoms with E-state index in [-0.39, 0.29) is 45.6 Å². The summed E-state index contributed by atoms with van der Waals surface area (Å²) in [6.07, 6.45) is 0.724. The molecule has 0 bridgehead atoms. The van der Waals surface area contributed by atoms with Crippen LogP contribution in [0.2, 0.25) is 5.02 Å². The van der Waals surface area contributed by atoms with Gasteiger partial charge in [0.2, 0.25) is 10.0 Å². The van der Waals surface area contributed by atoms with Crippen molar-refractivity contribution in [3.05, 3.63) is 22.7 Å². The van der Waals surface area contributed by atoms with Crippen molar-refractivity contribution in [3.63, 3.8) is 0 Å². The van der Waals surface area contributed by atoms with Gasteiger partial charge in [-0.2, -0.15) is 4.31 Å². The summed E-state index contributed by atoms with van der Waals surface area (Å²) in [7, 11) is 2.16. The van der Waals surface area contributed by atoms with Crippen molar-refractivity contribution in [1.82, 2.24) is 14.5 Å². The molecule has 0 radical (unpaired) electrons. The fourth-order valence-corrected chi connectivity index (χ4v) is 4.54. The third-order valence-corrected chi connectivity index (χ3v) is 6.20. The predicted octanol–water partition coefficient (Wildman–Crippen LogP) is 1.45. The monoisotopic (exact) mass is 411 g/mol. The zero-order valence-electron chi connectivity index (χ0n) is 14.6. The first-order chi connectivity index (χ1) is 11.2. The van der Waals surface area contributed by atoms with Gasteiger partial charge < -0.3 is 15.0 Å². The van der Waals surface area contributed by atoms with E-state index in [9.17, 15) is 13.2 Å². The third-order valence-electron chi connectivity index (χ3n) is 4.07. The number of nitrogens with zero attached hydrogens (tertiary/aromatic N) is 2. The molecule has 1 aromatic carbocycles. The molecule has 1 N–H and O–H groups in total. The Morgan fingerprint density at radius 1 is 1.32 bits per heavy atom.